The predicted molar refractivity (Wildman–Crippen MR) is 118 cm³/mol. The number of methoxy groups -OCH3 is 1. The van der Waals surface area contributed by atoms with Crippen molar-refractivity contribution in [2.45, 2.75) is 32.9 Å². The zero-order valence-electron chi connectivity index (χ0n) is 16.4. The van der Waals surface area contributed by atoms with Gasteiger partial charge in [0.1, 0.15) is 5.75 Å². The Kier molecular flexibility index (Phi) is 6.25. The topological polar surface area (TPSA) is 58.6 Å². The normalized spacial score (nSPS) is 17.9. The third-order valence-electron chi connectivity index (χ3n) is 5.06. The molecule has 0 amide bonds. The molecule has 0 aliphatic carbocycles. The van der Waals surface area contributed by atoms with E-state index in [1.807, 2.05) is 49.1 Å². The summed E-state index contributed by atoms with van der Waals surface area (Å²) >= 11 is 5.72. The number of rotatable bonds is 5. The van der Waals surface area contributed by atoms with Gasteiger partial charge in [-0.05, 0) is 67.4 Å². The van der Waals surface area contributed by atoms with Crippen LogP contribution in [0.25, 0.3) is 0 Å². The lowest BCUT2D eigenvalue weighted by Gasteiger charge is -2.31. The Morgan fingerprint density at radius 2 is 1.93 bits per heavy atom. The standard InChI is InChI=1S/C21H26N2O3S2/c1-15-4-5-16(2)20(12-15)22-21(27)23(18-10-11-28(24,25)14-18)13-17-6-8-19(26-3)9-7-17/h4-9,12,18H,10-11,13-14H2,1-3H3,(H,22,27)/t18-/m0/s1. The Balaban J connectivity index is 1.84. The quantitative estimate of drug-likeness (QED) is 0.747. The lowest BCUT2D eigenvalue weighted by Crippen LogP contribution is -2.43. The molecule has 1 N–H and O–H groups in total. The summed E-state index contributed by atoms with van der Waals surface area (Å²) in [7, 11) is -1.38. The second-order valence-electron chi connectivity index (χ2n) is 7.28. The molecule has 0 saturated carbocycles. The van der Waals surface area contributed by atoms with Gasteiger partial charge in [0.05, 0.1) is 18.6 Å². The Labute approximate surface area is 172 Å². The van der Waals surface area contributed by atoms with Crippen LogP contribution in [-0.2, 0) is 16.4 Å². The Bertz CT molecular complexity index is 956. The average Bonchev–Trinajstić information content (AvgIpc) is 3.02. The first-order valence-electron chi connectivity index (χ1n) is 9.25. The first-order valence-corrected chi connectivity index (χ1v) is 11.5. The summed E-state index contributed by atoms with van der Waals surface area (Å²) in [5.74, 6) is 1.13. The lowest BCUT2D eigenvalue weighted by molar-refractivity contribution is 0.332. The van der Waals surface area contributed by atoms with Crippen LogP contribution >= 0.6 is 12.2 Å². The van der Waals surface area contributed by atoms with E-state index < -0.39 is 9.84 Å². The summed E-state index contributed by atoms with van der Waals surface area (Å²) in [6.07, 6.45) is 0.590. The van der Waals surface area contributed by atoms with Crippen molar-refractivity contribution in [2.75, 3.05) is 23.9 Å². The molecule has 1 aliphatic heterocycles. The van der Waals surface area contributed by atoms with Crippen LogP contribution in [0, 0.1) is 13.8 Å². The highest BCUT2D eigenvalue weighted by Crippen LogP contribution is 2.24. The molecule has 0 bridgehead atoms. The van der Waals surface area contributed by atoms with Crippen molar-refractivity contribution in [1.29, 1.82) is 0 Å². The first kappa shape index (κ1) is 20.6. The largest absolute Gasteiger partial charge is 0.497 e. The van der Waals surface area contributed by atoms with Crippen molar-refractivity contribution in [1.82, 2.24) is 4.90 Å². The van der Waals surface area contributed by atoms with Gasteiger partial charge in [-0.15, -0.1) is 0 Å². The van der Waals surface area contributed by atoms with Crippen LogP contribution in [0.4, 0.5) is 5.69 Å². The molecular formula is C21H26N2O3S2. The van der Waals surface area contributed by atoms with E-state index in [2.05, 4.69) is 17.4 Å². The van der Waals surface area contributed by atoms with Crippen molar-refractivity contribution in [2.24, 2.45) is 0 Å². The predicted octanol–water partition coefficient (Wildman–Crippen LogP) is 3.70. The molecule has 1 atom stereocenters. The molecule has 7 heteroatoms. The van der Waals surface area contributed by atoms with E-state index in [9.17, 15) is 8.42 Å². The van der Waals surface area contributed by atoms with Crippen LogP contribution in [0.1, 0.15) is 23.1 Å². The molecule has 0 unspecified atom stereocenters. The number of anilines is 1. The summed E-state index contributed by atoms with van der Waals surface area (Å²) in [4.78, 5) is 2.00. The number of aryl methyl sites for hydroxylation is 2. The van der Waals surface area contributed by atoms with Gasteiger partial charge < -0.3 is 15.0 Å². The molecule has 3 rings (SSSR count). The van der Waals surface area contributed by atoms with Gasteiger partial charge >= 0.3 is 0 Å². The second kappa shape index (κ2) is 8.49. The Morgan fingerprint density at radius 1 is 1.21 bits per heavy atom. The van der Waals surface area contributed by atoms with E-state index in [0.29, 0.717) is 18.1 Å². The van der Waals surface area contributed by atoms with E-state index in [1.54, 1.807) is 7.11 Å². The molecule has 28 heavy (non-hydrogen) atoms. The van der Waals surface area contributed by atoms with Crippen LogP contribution in [0.2, 0.25) is 0 Å². The molecule has 2 aromatic rings. The summed E-state index contributed by atoms with van der Waals surface area (Å²) in [6.45, 7) is 4.60. The number of hydrogen-bond acceptors (Lipinski definition) is 4. The average molecular weight is 419 g/mol. The van der Waals surface area contributed by atoms with Gasteiger partial charge in [-0.3, -0.25) is 0 Å². The highest BCUT2D eigenvalue weighted by Gasteiger charge is 2.33. The van der Waals surface area contributed by atoms with Crippen molar-refractivity contribution in [3.8, 4) is 5.75 Å². The number of hydrogen-bond donors (Lipinski definition) is 1. The van der Waals surface area contributed by atoms with Crippen LogP contribution in [0.3, 0.4) is 0 Å². The van der Waals surface area contributed by atoms with Crippen LogP contribution < -0.4 is 10.1 Å². The fourth-order valence-corrected chi connectivity index (χ4v) is 5.43. The molecule has 0 spiro atoms. The minimum Gasteiger partial charge on any atom is -0.497 e. The number of thiocarbonyl (C=S) groups is 1. The Morgan fingerprint density at radius 3 is 2.54 bits per heavy atom. The summed E-state index contributed by atoms with van der Waals surface area (Å²) in [5.41, 5.74) is 4.23. The number of ether oxygens (including phenoxy) is 1. The lowest BCUT2D eigenvalue weighted by atomic mass is 10.1. The van der Waals surface area contributed by atoms with E-state index in [-0.39, 0.29) is 17.5 Å². The zero-order chi connectivity index (χ0) is 20.3. The maximum atomic E-state index is 12.1. The first-order chi connectivity index (χ1) is 13.3. The monoisotopic (exact) mass is 418 g/mol. The van der Waals surface area contributed by atoms with Crippen molar-refractivity contribution in [3.05, 3.63) is 59.2 Å². The van der Waals surface area contributed by atoms with Gasteiger partial charge in [0.25, 0.3) is 0 Å². The maximum absolute atomic E-state index is 12.1. The molecule has 150 valence electrons. The van der Waals surface area contributed by atoms with Crippen molar-refractivity contribution in [3.63, 3.8) is 0 Å². The second-order valence-corrected chi connectivity index (χ2v) is 9.90. The summed E-state index contributed by atoms with van der Waals surface area (Å²) in [5, 5.41) is 3.88. The maximum Gasteiger partial charge on any atom is 0.174 e. The molecule has 5 nitrogen and oxygen atoms in total. The van der Waals surface area contributed by atoms with Crippen molar-refractivity contribution < 1.29 is 13.2 Å². The molecule has 1 aliphatic rings. The SMILES string of the molecule is COc1ccc(CN(C(=S)Nc2cc(C)ccc2C)[C@H]2CCS(=O)(=O)C2)cc1. The van der Waals surface area contributed by atoms with Gasteiger partial charge in [-0.1, -0.05) is 24.3 Å². The number of benzene rings is 2. The molecule has 2 aromatic carbocycles. The summed E-state index contributed by atoms with van der Waals surface area (Å²) < 4.78 is 29.3. The molecule has 0 aromatic heterocycles. The fraction of sp³-hybridized carbons (Fsp3) is 0.381. The van der Waals surface area contributed by atoms with Crippen LogP contribution in [-0.4, -0.2) is 43.1 Å². The smallest absolute Gasteiger partial charge is 0.174 e. The van der Waals surface area contributed by atoms with E-state index in [1.165, 1.54) is 0 Å². The van der Waals surface area contributed by atoms with Gasteiger partial charge in [0, 0.05) is 18.3 Å². The third-order valence-corrected chi connectivity index (χ3v) is 7.14. The number of nitrogens with one attached hydrogen (secondary N) is 1. The number of sulfone groups is 1. The van der Waals surface area contributed by atoms with Gasteiger partial charge in [0.15, 0.2) is 14.9 Å². The molecule has 0 radical (unpaired) electrons. The molecule has 1 saturated heterocycles. The molecule has 1 heterocycles. The van der Waals surface area contributed by atoms with E-state index in [0.717, 1.165) is 28.1 Å². The van der Waals surface area contributed by atoms with E-state index in [4.69, 9.17) is 17.0 Å². The van der Waals surface area contributed by atoms with Crippen LogP contribution in [0.15, 0.2) is 42.5 Å². The minimum atomic E-state index is -3.01. The Hall–Kier alpha value is -2.12. The highest BCUT2D eigenvalue weighted by atomic mass is 32.2. The van der Waals surface area contributed by atoms with Crippen LogP contribution in [0.5, 0.6) is 5.75 Å². The summed E-state index contributed by atoms with van der Waals surface area (Å²) in [6, 6.07) is 13.8. The van der Waals surface area contributed by atoms with E-state index >= 15 is 0 Å². The third kappa shape index (κ3) is 5.02. The van der Waals surface area contributed by atoms with Gasteiger partial charge in [0.2, 0.25) is 0 Å². The highest BCUT2D eigenvalue weighted by molar-refractivity contribution is 7.91. The molecule has 1 fully saturated rings. The fourth-order valence-electron chi connectivity index (χ4n) is 3.37. The zero-order valence-corrected chi connectivity index (χ0v) is 18.1. The number of nitrogens with zero attached hydrogens (tertiary/aromatic N) is 1. The molecular weight excluding hydrogens is 392 g/mol. The van der Waals surface area contributed by atoms with Gasteiger partial charge in [-0.2, -0.15) is 0 Å². The van der Waals surface area contributed by atoms with Gasteiger partial charge in [-0.25, -0.2) is 8.42 Å². The minimum absolute atomic E-state index is 0.128. The van der Waals surface area contributed by atoms with Crippen molar-refractivity contribution >= 4 is 32.9 Å².